The number of nitrogens with one attached hydrogen (secondary N) is 2. The second-order valence-electron chi connectivity index (χ2n) is 5.91. The summed E-state index contributed by atoms with van der Waals surface area (Å²) in [5.74, 6) is 0.187. The van der Waals surface area contributed by atoms with Crippen molar-refractivity contribution in [3.63, 3.8) is 0 Å². The van der Waals surface area contributed by atoms with E-state index in [9.17, 15) is 13.2 Å². The van der Waals surface area contributed by atoms with Crippen LogP contribution in [0.2, 0.25) is 0 Å². The fourth-order valence-corrected chi connectivity index (χ4v) is 4.16. The summed E-state index contributed by atoms with van der Waals surface area (Å²) >= 11 is 1.01. The topological polar surface area (TPSA) is 113 Å². The van der Waals surface area contributed by atoms with Gasteiger partial charge >= 0.3 is 0 Å². The Balaban J connectivity index is 1.69. The Morgan fingerprint density at radius 3 is 2.62 bits per heavy atom. The zero-order chi connectivity index (χ0) is 18.6. The van der Waals surface area contributed by atoms with Gasteiger partial charge in [0, 0.05) is 18.7 Å². The summed E-state index contributed by atoms with van der Waals surface area (Å²) in [7, 11) is -3.68. The number of anilines is 1. The summed E-state index contributed by atoms with van der Waals surface area (Å²) in [6.45, 7) is 2.35. The molecule has 1 aromatic heterocycles. The molecule has 0 saturated carbocycles. The van der Waals surface area contributed by atoms with Crippen LogP contribution in [0, 0.1) is 6.92 Å². The predicted molar refractivity (Wildman–Crippen MR) is 100 cm³/mol. The number of carbonyl (C=O) groups excluding carboxylic acids is 1. The summed E-state index contributed by atoms with van der Waals surface area (Å²) in [4.78, 5) is 17.0. The van der Waals surface area contributed by atoms with Crippen LogP contribution in [0.3, 0.4) is 0 Å². The van der Waals surface area contributed by atoms with Crippen molar-refractivity contribution in [2.45, 2.75) is 37.5 Å². The number of sulfonamides is 1. The first-order valence-electron chi connectivity index (χ1n) is 8.22. The van der Waals surface area contributed by atoms with E-state index in [-0.39, 0.29) is 10.8 Å². The number of aromatic nitrogens is 2. The van der Waals surface area contributed by atoms with Gasteiger partial charge in [-0.1, -0.05) is 10.9 Å². The monoisotopic (exact) mass is 393 g/mol. The molecule has 138 valence electrons. The Labute approximate surface area is 156 Å². The normalized spacial score (nSPS) is 15.0. The van der Waals surface area contributed by atoms with E-state index >= 15 is 0 Å². The lowest BCUT2D eigenvalue weighted by Crippen LogP contribution is -2.30. The first-order chi connectivity index (χ1) is 12.5. The van der Waals surface area contributed by atoms with Crippen LogP contribution in [0.1, 0.15) is 41.0 Å². The van der Waals surface area contributed by atoms with Gasteiger partial charge in [-0.3, -0.25) is 14.5 Å². The van der Waals surface area contributed by atoms with E-state index in [4.69, 9.17) is 0 Å². The fourth-order valence-electron chi connectivity index (χ4n) is 2.52. The Morgan fingerprint density at radius 2 is 1.92 bits per heavy atom. The Hall–Kier alpha value is -2.33. The number of hydrogen-bond acceptors (Lipinski definition) is 7. The van der Waals surface area contributed by atoms with Crippen molar-refractivity contribution in [2.75, 3.05) is 11.9 Å². The lowest BCUT2D eigenvalue weighted by atomic mass is 10.2. The molecule has 0 fully saturated rings. The van der Waals surface area contributed by atoms with Gasteiger partial charge in [0.2, 0.25) is 0 Å². The number of aliphatic imine (C=N–C) groups is 1. The minimum Gasteiger partial charge on any atom is -0.321 e. The van der Waals surface area contributed by atoms with Crippen molar-refractivity contribution in [1.82, 2.24) is 14.3 Å². The van der Waals surface area contributed by atoms with Crippen molar-refractivity contribution in [1.29, 1.82) is 0 Å². The quantitative estimate of drug-likeness (QED) is 0.828. The lowest BCUT2D eigenvalue weighted by Gasteiger charge is -2.10. The molecule has 1 amide bonds. The summed E-state index contributed by atoms with van der Waals surface area (Å²) in [5.41, 5.74) is 1.05. The standard InChI is InChI=1S/C16H19N5O3S2/c1-11-15(25-21-19-11)16(22)18-12-6-8-13(9-7-12)26(23,24)20-14-5-3-2-4-10-17-14/h6-9H,2-5,10H2,1H3,(H,17,20)(H,18,22). The second kappa shape index (κ2) is 7.92. The molecule has 3 rings (SSSR count). The molecule has 0 atom stereocenters. The van der Waals surface area contributed by atoms with Gasteiger partial charge in [-0.2, -0.15) is 0 Å². The maximum Gasteiger partial charge on any atom is 0.269 e. The number of hydrogen-bond donors (Lipinski definition) is 2. The number of amides is 1. The highest BCUT2D eigenvalue weighted by molar-refractivity contribution is 7.90. The highest BCUT2D eigenvalue weighted by Gasteiger charge is 2.18. The van der Waals surface area contributed by atoms with Crippen molar-refractivity contribution >= 4 is 39.0 Å². The third kappa shape index (κ3) is 4.44. The summed E-state index contributed by atoms with van der Waals surface area (Å²) in [5, 5.41) is 6.50. The zero-order valence-corrected chi connectivity index (χ0v) is 15.9. The van der Waals surface area contributed by atoms with E-state index in [0.29, 0.717) is 35.1 Å². The van der Waals surface area contributed by atoms with Gasteiger partial charge in [0.1, 0.15) is 10.7 Å². The van der Waals surface area contributed by atoms with E-state index in [1.54, 1.807) is 19.1 Å². The molecule has 10 heteroatoms. The van der Waals surface area contributed by atoms with Crippen LogP contribution in [0.25, 0.3) is 0 Å². The van der Waals surface area contributed by atoms with Crippen molar-refractivity contribution in [2.24, 2.45) is 4.99 Å². The third-order valence-electron chi connectivity index (χ3n) is 3.91. The Morgan fingerprint density at radius 1 is 1.15 bits per heavy atom. The number of nitrogens with zero attached hydrogens (tertiary/aromatic N) is 3. The van der Waals surface area contributed by atoms with Gasteiger partial charge < -0.3 is 5.32 Å². The number of benzene rings is 1. The average molecular weight is 393 g/mol. The summed E-state index contributed by atoms with van der Waals surface area (Å²) in [6, 6.07) is 6.00. The third-order valence-corrected chi connectivity index (χ3v) is 6.13. The van der Waals surface area contributed by atoms with Crippen molar-refractivity contribution < 1.29 is 13.2 Å². The van der Waals surface area contributed by atoms with E-state index < -0.39 is 10.0 Å². The van der Waals surface area contributed by atoms with E-state index in [1.165, 1.54) is 12.1 Å². The van der Waals surface area contributed by atoms with Crippen LogP contribution in [0.5, 0.6) is 0 Å². The molecule has 0 bridgehead atoms. The summed E-state index contributed by atoms with van der Waals surface area (Å²) in [6.07, 6.45) is 3.60. The molecule has 26 heavy (non-hydrogen) atoms. The van der Waals surface area contributed by atoms with Crippen LogP contribution in [0.15, 0.2) is 34.2 Å². The maximum absolute atomic E-state index is 12.5. The minimum absolute atomic E-state index is 0.123. The number of aryl methyl sites for hydroxylation is 1. The van der Waals surface area contributed by atoms with E-state index in [1.807, 2.05) is 0 Å². The van der Waals surface area contributed by atoms with Gasteiger partial charge in [-0.25, -0.2) is 8.42 Å². The highest BCUT2D eigenvalue weighted by Crippen LogP contribution is 2.17. The Kier molecular flexibility index (Phi) is 5.62. The minimum atomic E-state index is -3.68. The molecule has 1 aliphatic rings. The molecule has 0 aliphatic carbocycles. The van der Waals surface area contributed by atoms with Gasteiger partial charge in [-0.15, -0.1) is 5.10 Å². The number of amidine groups is 1. The van der Waals surface area contributed by atoms with Crippen LogP contribution in [-0.2, 0) is 10.0 Å². The van der Waals surface area contributed by atoms with Crippen molar-refractivity contribution in [3.05, 3.63) is 34.8 Å². The second-order valence-corrected chi connectivity index (χ2v) is 8.35. The van der Waals surface area contributed by atoms with Crippen LogP contribution in [0.4, 0.5) is 5.69 Å². The van der Waals surface area contributed by atoms with Crippen LogP contribution >= 0.6 is 11.5 Å². The first-order valence-corrected chi connectivity index (χ1v) is 10.5. The van der Waals surface area contributed by atoms with Gasteiger partial charge in [-0.05, 0) is 55.6 Å². The molecule has 0 unspecified atom stereocenters. The van der Waals surface area contributed by atoms with Gasteiger partial charge in [0.25, 0.3) is 15.9 Å². The zero-order valence-electron chi connectivity index (χ0n) is 14.2. The van der Waals surface area contributed by atoms with Crippen LogP contribution < -0.4 is 10.0 Å². The molecule has 2 heterocycles. The SMILES string of the molecule is Cc1nnsc1C(=O)Nc1ccc(S(=O)(=O)NC2=NCCCCC2)cc1. The first kappa shape index (κ1) is 18.5. The fraction of sp³-hybridized carbons (Fsp3) is 0.375. The molecule has 1 aliphatic heterocycles. The largest absolute Gasteiger partial charge is 0.321 e. The smallest absolute Gasteiger partial charge is 0.269 e. The van der Waals surface area contributed by atoms with Crippen LogP contribution in [-0.4, -0.2) is 36.3 Å². The van der Waals surface area contributed by atoms with E-state index in [2.05, 4.69) is 24.6 Å². The molecule has 0 radical (unpaired) electrons. The lowest BCUT2D eigenvalue weighted by molar-refractivity contribution is 0.103. The molecule has 0 saturated heterocycles. The molecule has 2 N–H and O–H groups in total. The average Bonchev–Trinajstić information content (AvgIpc) is 2.88. The van der Waals surface area contributed by atoms with Gasteiger partial charge in [0.05, 0.1) is 10.6 Å². The predicted octanol–water partition coefficient (Wildman–Crippen LogP) is 2.35. The van der Waals surface area contributed by atoms with E-state index in [0.717, 1.165) is 30.8 Å². The molecular formula is C16H19N5O3S2. The molecular weight excluding hydrogens is 374 g/mol. The molecule has 1 aromatic carbocycles. The van der Waals surface area contributed by atoms with Gasteiger partial charge in [0.15, 0.2) is 0 Å². The maximum atomic E-state index is 12.5. The number of rotatable bonds is 4. The highest BCUT2D eigenvalue weighted by atomic mass is 32.2. The summed E-state index contributed by atoms with van der Waals surface area (Å²) < 4.78 is 31.3. The molecule has 8 nitrogen and oxygen atoms in total. The molecule has 2 aromatic rings. The number of carbonyl (C=O) groups is 1. The Bertz CT molecular complexity index is 920. The molecule has 0 spiro atoms. The van der Waals surface area contributed by atoms with Crippen molar-refractivity contribution in [3.8, 4) is 0 Å².